The Balaban J connectivity index is 2.16. The molecule has 1 N–H and O–H groups in total. The monoisotopic (exact) mass is 297 g/mol. The van der Waals surface area contributed by atoms with E-state index in [2.05, 4.69) is 18.3 Å². The molecule has 1 heterocycles. The van der Waals surface area contributed by atoms with Gasteiger partial charge in [-0.05, 0) is 50.4 Å². The third-order valence-electron chi connectivity index (χ3n) is 3.42. The number of rotatable bonds is 6. The van der Waals surface area contributed by atoms with Crippen LogP contribution < -0.4 is 5.32 Å². The molecule has 0 saturated heterocycles. The zero-order valence-electron chi connectivity index (χ0n) is 11.8. The summed E-state index contributed by atoms with van der Waals surface area (Å²) < 4.78 is 19.6. The van der Waals surface area contributed by atoms with Crippen molar-refractivity contribution in [1.29, 1.82) is 0 Å². The van der Waals surface area contributed by atoms with Crippen LogP contribution in [-0.2, 0) is 11.2 Å². The molecule has 4 heteroatoms. The van der Waals surface area contributed by atoms with Gasteiger partial charge in [0, 0.05) is 10.6 Å². The van der Waals surface area contributed by atoms with Gasteiger partial charge in [0.25, 0.3) is 0 Å². The minimum atomic E-state index is -0.253. The molecule has 1 aliphatic rings. The largest absolute Gasteiger partial charge is 0.497 e. The third-order valence-corrected chi connectivity index (χ3v) is 3.77. The van der Waals surface area contributed by atoms with E-state index in [0.717, 1.165) is 38.2 Å². The molecule has 0 spiro atoms. The fourth-order valence-electron chi connectivity index (χ4n) is 2.34. The molecule has 0 bridgehead atoms. The van der Waals surface area contributed by atoms with Crippen LogP contribution in [0.25, 0.3) is 0 Å². The van der Waals surface area contributed by atoms with Crippen molar-refractivity contribution in [1.82, 2.24) is 5.32 Å². The molecule has 1 atom stereocenters. The first kappa shape index (κ1) is 15.3. The van der Waals surface area contributed by atoms with E-state index in [1.54, 1.807) is 12.1 Å². The lowest BCUT2D eigenvalue weighted by Crippen LogP contribution is -2.35. The fourth-order valence-corrected chi connectivity index (χ4v) is 2.58. The standard InChI is InChI=1S/C16H21ClFNO/c1-2-9-19-15(16-8-3-4-10-20-16)11-12-13(17)6-5-7-14(12)18/h5-8,15,19H,2-4,9-11H2,1H3. The van der Waals surface area contributed by atoms with Crippen LogP contribution in [0.3, 0.4) is 0 Å². The van der Waals surface area contributed by atoms with Crippen LogP contribution in [-0.4, -0.2) is 19.2 Å². The van der Waals surface area contributed by atoms with Crippen LogP contribution in [0.15, 0.2) is 30.0 Å². The van der Waals surface area contributed by atoms with E-state index in [0.29, 0.717) is 17.0 Å². The molecule has 2 rings (SSSR count). The van der Waals surface area contributed by atoms with Gasteiger partial charge in [0.2, 0.25) is 0 Å². The minimum absolute atomic E-state index is 0.00958. The molecular formula is C16H21ClFNO. The SMILES string of the molecule is CCCNC(Cc1c(F)cccc1Cl)C1=CCCCO1. The summed E-state index contributed by atoms with van der Waals surface area (Å²) in [7, 11) is 0. The molecule has 1 aliphatic heterocycles. The second kappa shape index (κ2) is 7.65. The lowest BCUT2D eigenvalue weighted by atomic mass is 10.0. The maximum atomic E-state index is 13.9. The van der Waals surface area contributed by atoms with Gasteiger partial charge in [0.05, 0.1) is 12.6 Å². The number of benzene rings is 1. The first-order valence-corrected chi connectivity index (χ1v) is 7.59. The van der Waals surface area contributed by atoms with E-state index < -0.39 is 0 Å². The molecule has 20 heavy (non-hydrogen) atoms. The fraction of sp³-hybridized carbons (Fsp3) is 0.500. The average molecular weight is 298 g/mol. The van der Waals surface area contributed by atoms with Crippen molar-refractivity contribution in [3.8, 4) is 0 Å². The third kappa shape index (κ3) is 3.97. The Labute approximate surface area is 125 Å². The predicted octanol–water partition coefficient (Wildman–Crippen LogP) is 4.08. The highest BCUT2D eigenvalue weighted by molar-refractivity contribution is 6.31. The van der Waals surface area contributed by atoms with Gasteiger partial charge in [-0.2, -0.15) is 0 Å². The zero-order chi connectivity index (χ0) is 14.4. The van der Waals surface area contributed by atoms with Crippen molar-refractivity contribution >= 4 is 11.6 Å². The van der Waals surface area contributed by atoms with Crippen LogP contribution in [0.2, 0.25) is 5.02 Å². The van der Waals surface area contributed by atoms with Crippen molar-refractivity contribution in [3.63, 3.8) is 0 Å². The van der Waals surface area contributed by atoms with Gasteiger partial charge in [-0.15, -0.1) is 0 Å². The molecule has 0 aromatic heterocycles. The molecule has 0 aliphatic carbocycles. The van der Waals surface area contributed by atoms with Gasteiger partial charge >= 0.3 is 0 Å². The lowest BCUT2D eigenvalue weighted by molar-refractivity contribution is 0.167. The topological polar surface area (TPSA) is 21.3 Å². The van der Waals surface area contributed by atoms with Crippen molar-refractivity contribution in [2.45, 2.75) is 38.6 Å². The van der Waals surface area contributed by atoms with Gasteiger partial charge in [-0.3, -0.25) is 0 Å². The first-order chi connectivity index (χ1) is 9.72. The van der Waals surface area contributed by atoms with Crippen molar-refractivity contribution < 1.29 is 9.13 Å². The Hall–Kier alpha value is -1.06. The maximum absolute atomic E-state index is 13.9. The van der Waals surface area contributed by atoms with Gasteiger partial charge in [-0.25, -0.2) is 4.39 Å². The first-order valence-electron chi connectivity index (χ1n) is 7.21. The summed E-state index contributed by atoms with van der Waals surface area (Å²) in [6.07, 6.45) is 5.70. The highest BCUT2D eigenvalue weighted by Crippen LogP contribution is 2.24. The quantitative estimate of drug-likeness (QED) is 0.854. The molecule has 0 saturated carbocycles. The molecule has 0 radical (unpaired) electrons. The number of nitrogens with one attached hydrogen (secondary N) is 1. The number of halogens is 2. The van der Waals surface area contributed by atoms with E-state index in [4.69, 9.17) is 16.3 Å². The van der Waals surface area contributed by atoms with E-state index in [1.165, 1.54) is 6.07 Å². The number of allylic oxidation sites excluding steroid dienone is 1. The summed E-state index contributed by atoms with van der Waals surface area (Å²) in [5, 5.41) is 3.90. The Kier molecular flexibility index (Phi) is 5.86. The second-order valence-corrected chi connectivity index (χ2v) is 5.42. The molecule has 0 amide bonds. The van der Waals surface area contributed by atoms with Crippen LogP contribution in [0.5, 0.6) is 0 Å². The number of hydrogen-bond donors (Lipinski definition) is 1. The van der Waals surface area contributed by atoms with Crippen molar-refractivity contribution in [3.05, 3.63) is 46.4 Å². The molecule has 2 nitrogen and oxygen atoms in total. The summed E-state index contributed by atoms with van der Waals surface area (Å²) in [5.74, 6) is 0.668. The van der Waals surface area contributed by atoms with E-state index in [9.17, 15) is 4.39 Å². The summed E-state index contributed by atoms with van der Waals surface area (Å²) in [4.78, 5) is 0. The molecule has 110 valence electrons. The Morgan fingerprint density at radius 1 is 1.45 bits per heavy atom. The summed E-state index contributed by atoms with van der Waals surface area (Å²) in [5.41, 5.74) is 0.554. The van der Waals surface area contributed by atoms with E-state index in [-0.39, 0.29) is 11.9 Å². The Bertz CT molecular complexity index is 455. The van der Waals surface area contributed by atoms with Crippen LogP contribution in [0, 0.1) is 5.82 Å². The lowest BCUT2D eigenvalue weighted by Gasteiger charge is -2.25. The van der Waals surface area contributed by atoms with Crippen LogP contribution in [0.4, 0.5) is 4.39 Å². The smallest absolute Gasteiger partial charge is 0.127 e. The zero-order valence-corrected chi connectivity index (χ0v) is 12.5. The Morgan fingerprint density at radius 3 is 2.95 bits per heavy atom. The highest BCUT2D eigenvalue weighted by atomic mass is 35.5. The van der Waals surface area contributed by atoms with Gasteiger partial charge in [0.1, 0.15) is 11.6 Å². The highest BCUT2D eigenvalue weighted by Gasteiger charge is 2.20. The average Bonchev–Trinajstić information content (AvgIpc) is 2.47. The molecule has 1 aromatic carbocycles. The summed E-state index contributed by atoms with van der Waals surface area (Å²) >= 11 is 6.12. The second-order valence-electron chi connectivity index (χ2n) is 5.01. The van der Waals surface area contributed by atoms with E-state index >= 15 is 0 Å². The molecule has 1 aromatic rings. The van der Waals surface area contributed by atoms with Crippen LogP contribution in [0.1, 0.15) is 31.7 Å². The van der Waals surface area contributed by atoms with Crippen molar-refractivity contribution in [2.75, 3.05) is 13.2 Å². The number of ether oxygens (including phenoxy) is 1. The van der Waals surface area contributed by atoms with E-state index in [1.807, 2.05) is 0 Å². The number of hydrogen-bond acceptors (Lipinski definition) is 2. The summed E-state index contributed by atoms with van der Waals surface area (Å²) in [6.45, 7) is 3.72. The molecule has 0 fully saturated rings. The summed E-state index contributed by atoms with van der Waals surface area (Å²) in [6, 6.07) is 4.80. The van der Waals surface area contributed by atoms with Gasteiger partial charge in [0.15, 0.2) is 0 Å². The molecule has 1 unspecified atom stereocenters. The van der Waals surface area contributed by atoms with Gasteiger partial charge < -0.3 is 10.1 Å². The van der Waals surface area contributed by atoms with Gasteiger partial charge in [-0.1, -0.05) is 24.6 Å². The normalized spacial score (nSPS) is 16.4. The van der Waals surface area contributed by atoms with Crippen molar-refractivity contribution in [2.24, 2.45) is 0 Å². The minimum Gasteiger partial charge on any atom is -0.497 e. The predicted molar refractivity (Wildman–Crippen MR) is 80.5 cm³/mol. The molecular weight excluding hydrogens is 277 g/mol. The van der Waals surface area contributed by atoms with Crippen LogP contribution >= 0.6 is 11.6 Å². The maximum Gasteiger partial charge on any atom is 0.127 e. The Morgan fingerprint density at radius 2 is 2.30 bits per heavy atom.